The summed E-state index contributed by atoms with van der Waals surface area (Å²) in [4.78, 5) is 81.4. The van der Waals surface area contributed by atoms with Crippen LogP contribution in [0.15, 0.2) is 23.8 Å². The van der Waals surface area contributed by atoms with E-state index in [4.69, 9.17) is 0 Å². The number of urea groups is 2. The first-order valence-corrected chi connectivity index (χ1v) is 11.5. The van der Waals surface area contributed by atoms with Gasteiger partial charge in [-0.3, -0.25) is 39.2 Å². The van der Waals surface area contributed by atoms with Gasteiger partial charge >= 0.3 is 12.1 Å². The van der Waals surface area contributed by atoms with Crippen molar-refractivity contribution in [2.24, 2.45) is 5.41 Å². The molecule has 11 heteroatoms. The van der Waals surface area contributed by atoms with Gasteiger partial charge in [-0.1, -0.05) is 6.07 Å². The molecular formula is C24H25N5O6. The second kappa shape index (κ2) is 7.76. The van der Waals surface area contributed by atoms with Gasteiger partial charge in [0.25, 0.3) is 11.8 Å². The fourth-order valence-electron chi connectivity index (χ4n) is 5.78. The SMILES string of the molecule is CCN1C(=O)NC(=O)/C(=C/c2ccc3c(c2)CC2(C(=O)N(C)C(=O)N(C)C2=O)[C@H]2CCCN32)C1=O. The fraction of sp³-hybridized carbons (Fsp3) is 0.417. The molecule has 0 aromatic heterocycles. The summed E-state index contributed by atoms with van der Waals surface area (Å²) in [5.41, 5.74) is 0.506. The normalized spacial score (nSPS) is 25.0. The van der Waals surface area contributed by atoms with E-state index in [-0.39, 0.29) is 24.6 Å². The highest BCUT2D eigenvalue weighted by Gasteiger charge is 2.63. The summed E-state index contributed by atoms with van der Waals surface area (Å²) >= 11 is 0. The average molecular weight is 479 g/mol. The van der Waals surface area contributed by atoms with Crippen molar-refractivity contribution < 1.29 is 28.8 Å². The zero-order chi connectivity index (χ0) is 25.2. The molecule has 0 unspecified atom stereocenters. The van der Waals surface area contributed by atoms with Crippen molar-refractivity contribution in [1.29, 1.82) is 0 Å². The van der Waals surface area contributed by atoms with Crippen molar-refractivity contribution >= 4 is 47.5 Å². The van der Waals surface area contributed by atoms with Crippen LogP contribution in [0.4, 0.5) is 15.3 Å². The molecule has 11 nitrogen and oxygen atoms in total. The maximum Gasteiger partial charge on any atom is 0.332 e. The summed E-state index contributed by atoms with van der Waals surface area (Å²) in [6.45, 7) is 2.41. The molecule has 4 aliphatic rings. The van der Waals surface area contributed by atoms with Crippen molar-refractivity contribution in [3.05, 3.63) is 34.9 Å². The fourth-order valence-corrected chi connectivity index (χ4v) is 5.78. The number of rotatable bonds is 2. The Morgan fingerprint density at radius 3 is 2.40 bits per heavy atom. The molecule has 5 rings (SSSR count). The third kappa shape index (κ3) is 3.03. The summed E-state index contributed by atoms with van der Waals surface area (Å²) in [6, 6.07) is 3.59. The van der Waals surface area contributed by atoms with Crippen LogP contribution in [-0.4, -0.2) is 83.6 Å². The monoisotopic (exact) mass is 479 g/mol. The number of anilines is 1. The molecule has 1 spiro atoms. The number of carbonyl (C=O) groups is 6. The third-order valence-corrected chi connectivity index (χ3v) is 7.46. The van der Waals surface area contributed by atoms with Gasteiger partial charge < -0.3 is 4.90 Å². The second-order valence-electron chi connectivity index (χ2n) is 9.27. The smallest absolute Gasteiger partial charge is 0.332 e. The van der Waals surface area contributed by atoms with Crippen LogP contribution in [0.1, 0.15) is 30.9 Å². The number of fused-ring (bicyclic) bond motifs is 4. The van der Waals surface area contributed by atoms with Crippen molar-refractivity contribution in [2.75, 3.05) is 32.1 Å². The predicted molar refractivity (Wildman–Crippen MR) is 123 cm³/mol. The van der Waals surface area contributed by atoms with Gasteiger partial charge in [-0.15, -0.1) is 0 Å². The quantitative estimate of drug-likeness (QED) is 0.376. The van der Waals surface area contributed by atoms with Crippen LogP contribution in [0, 0.1) is 5.41 Å². The van der Waals surface area contributed by atoms with Gasteiger partial charge in [0.15, 0.2) is 5.41 Å². The molecule has 182 valence electrons. The number of imide groups is 4. The van der Waals surface area contributed by atoms with Crippen LogP contribution in [-0.2, 0) is 25.6 Å². The van der Waals surface area contributed by atoms with Gasteiger partial charge in [0, 0.05) is 32.9 Å². The molecule has 0 bridgehead atoms. The summed E-state index contributed by atoms with van der Waals surface area (Å²) in [5.74, 6) is -2.50. The number of carbonyl (C=O) groups excluding carboxylic acids is 6. The Balaban J connectivity index is 1.59. The van der Waals surface area contributed by atoms with E-state index in [1.165, 1.54) is 20.2 Å². The number of likely N-dealkylation sites (N-methyl/N-ethyl adjacent to an activating group) is 1. The summed E-state index contributed by atoms with van der Waals surface area (Å²) < 4.78 is 0. The number of benzene rings is 1. The molecule has 0 radical (unpaired) electrons. The molecule has 0 aliphatic carbocycles. The van der Waals surface area contributed by atoms with E-state index in [9.17, 15) is 28.8 Å². The van der Waals surface area contributed by atoms with Crippen LogP contribution >= 0.6 is 0 Å². The largest absolute Gasteiger partial charge is 0.367 e. The maximum absolute atomic E-state index is 13.5. The minimum absolute atomic E-state index is 0.0971. The van der Waals surface area contributed by atoms with Crippen LogP contribution in [0.2, 0.25) is 0 Å². The molecule has 8 amide bonds. The van der Waals surface area contributed by atoms with E-state index in [2.05, 4.69) is 10.2 Å². The van der Waals surface area contributed by atoms with E-state index in [0.29, 0.717) is 24.1 Å². The average Bonchev–Trinajstić information content (AvgIpc) is 3.33. The lowest BCUT2D eigenvalue weighted by atomic mass is 9.68. The second-order valence-corrected chi connectivity index (χ2v) is 9.27. The minimum Gasteiger partial charge on any atom is -0.367 e. The van der Waals surface area contributed by atoms with Gasteiger partial charge in [0.05, 0.1) is 6.04 Å². The van der Waals surface area contributed by atoms with E-state index in [1.54, 1.807) is 19.1 Å². The molecule has 1 aromatic carbocycles. The lowest BCUT2D eigenvalue weighted by Crippen LogP contribution is -2.70. The van der Waals surface area contributed by atoms with Crippen LogP contribution in [0.3, 0.4) is 0 Å². The van der Waals surface area contributed by atoms with Gasteiger partial charge in [-0.2, -0.15) is 0 Å². The minimum atomic E-state index is -1.43. The predicted octanol–water partition coefficient (Wildman–Crippen LogP) is 0.730. The third-order valence-electron chi connectivity index (χ3n) is 7.46. The van der Waals surface area contributed by atoms with Crippen LogP contribution < -0.4 is 10.2 Å². The van der Waals surface area contributed by atoms with Gasteiger partial charge in [0.2, 0.25) is 11.8 Å². The Morgan fingerprint density at radius 1 is 1.06 bits per heavy atom. The topological polar surface area (TPSA) is 127 Å². The van der Waals surface area contributed by atoms with Crippen LogP contribution in [0.5, 0.6) is 0 Å². The lowest BCUT2D eigenvalue weighted by molar-refractivity contribution is -0.159. The molecule has 3 fully saturated rings. The highest BCUT2D eigenvalue weighted by atomic mass is 16.2. The van der Waals surface area contributed by atoms with Crippen LogP contribution in [0.25, 0.3) is 6.08 Å². The molecule has 1 N–H and O–H groups in total. The van der Waals surface area contributed by atoms with Crippen molar-refractivity contribution in [3.8, 4) is 0 Å². The number of barbiturate groups is 2. The highest BCUT2D eigenvalue weighted by molar-refractivity contribution is 6.31. The van der Waals surface area contributed by atoms with Crippen molar-refractivity contribution in [2.45, 2.75) is 32.2 Å². The zero-order valence-corrected chi connectivity index (χ0v) is 19.7. The molecule has 3 saturated heterocycles. The van der Waals surface area contributed by atoms with E-state index >= 15 is 0 Å². The Kier molecular flexibility index (Phi) is 5.04. The summed E-state index contributed by atoms with van der Waals surface area (Å²) in [7, 11) is 2.78. The van der Waals surface area contributed by atoms with Gasteiger partial charge in [-0.05, 0) is 55.5 Å². The zero-order valence-electron chi connectivity index (χ0n) is 19.7. The standard InChI is InChI=1S/C24H25N5O6/c1-4-28-19(31)15(18(30)25-22(28)34)11-13-7-8-16-14(10-13)12-24(17-6-5-9-29(16)17)20(32)26(2)23(35)27(3)21(24)33/h7-8,10-11,17H,4-6,9,12H2,1-3H3,(H,25,30,34)/b15-11-/t17-/m1/s1. The Hall–Kier alpha value is -4.02. The number of nitrogens with zero attached hydrogens (tertiary/aromatic N) is 4. The Bertz CT molecular complexity index is 1230. The Labute approximate surface area is 201 Å². The molecule has 35 heavy (non-hydrogen) atoms. The number of hydrogen-bond acceptors (Lipinski definition) is 7. The number of amides is 8. The Morgan fingerprint density at radius 2 is 1.74 bits per heavy atom. The van der Waals surface area contributed by atoms with Crippen molar-refractivity contribution in [3.63, 3.8) is 0 Å². The van der Waals surface area contributed by atoms with E-state index < -0.39 is 41.1 Å². The molecular weight excluding hydrogens is 454 g/mol. The molecule has 1 aromatic rings. The van der Waals surface area contributed by atoms with E-state index in [1.807, 2.05) is 6.07 Å². The summed E-state index contributed by atoms with van der Waals surface area (Å²) in [6.07, 6.45) is 2.95. The van der Waals surface area contributed by atoms with Gasteiger partial charge in [-0.25, -0.2) is 9.59 Å². The number of hydrogen-bond donors (Lipinski definition) is 1. The van der Waals surface area contributed by atoms with E-state index in [0.717, 1.165) is 26.8 Å². The number of nitrogens with one attached hydrogen (secondary N) is 1. The highest BCUT2D eigenvalue weighted by Crippen LogP contribution is 2.49. The molecule has 4 aliphatic heterocycles. The van der Waals surface area contributed by atoms with Crippen molar-refractivity contribution in [1.82, 2.24) is 20.0 Å². The molecule has 0 saturated carbocycles. The molecule has 4 heterocycles. The first kappa shape index (κ1) is 22.8. The summed E-state index contributed by atoms with van der Waals surface area (Å²) in [5, 5.41) is 2.16. The first-order valence-electron chi connectivity index (χ1n) is 11.5. The first-order chi connectivity index (χ1) is 16.6. The maximum atomic E-state index is 13.5. The molecule has 1 atom stereocenters. The van der Waals surface area contributed by atoms with Gasteiger partial charge in [0.1, 0.15) is 5.57 Å². The lowest BCUT2D eigenvalue weighted by Gasteiger charge is -2.50.